The molecule has 0 N–H and O–H groups in total. The van der Waals surface area contributed by atoms with E-state index in [1.54, 1.807) is 13.8 Å². The summed E-state index contributed by atoms with van der Waals surface area (Å²) >= 11 is 0. The van der Waals surface area contributed by atoms with Crippen LogP contribution < -0.4 is 0 Å². The number of Topliss-reactive ketones (excluding diaryl/α,β-unsaturated/α-hetero) is 1. The molecule has 25 heavy (non-hydrogen) atoms. The largest absolute Gasteiger partial charge is 0.464 e. The first kappa shape index (κ1) is 19.6. The van der Waals surface area contributed by atoms with E-state index in [-0.39, 0.29) is 25.6 Å². The Labute approximate surface area is 147 Å². The zero-order valence-electron chi connectivity index (χ0n) is 14.5. The van der Waals surface area contributed by atoms with Crippen molar-refractivity contribution in [3.63, 3.8) is 0 Å². The quantitative estimate of drug-likeness (QED) is 0.492. The van der Waals surface area contributed by atoms with Crippen LogP contribution in [0, 0.1) is 5.92 Å². The molecule has 6 nitrogen and oxygen atoms in total. The van der Waals surface area contributed by atoms with Crippen LogP contribution in [0.15, 0.2) is 36.4 Å². The van der Waals surface area contributed by atoms with Crippen molar-refractivity contribution in [2.24, 2.45) is 5.92 Å². The van der Waals surface area contributed by atoms with Crippen LogP contribution in [0.5, 0.6) is 0 Å². The first-order chi connectivity index (χ1) is 12.0. The highest BCUT2D eigenvalue weighted by atomic mass is 31.2. The number of ether oxygens (including phenoxy) is 1. The minimum absolute atomic E-state index is 0.0389. The van der Waals surface area contributed by atoms with Gasteiger partial charge < -0.3 is 13.8 Å². The normalized spacial score (nSPS) is 17.4. The molecule has 0 amide bonds. The van der Waals surface area contributed by atoms with E-state index in [4.69, 9.17) is 13.8 Å². The lowest BCUT2D eigenvalue weighted by atomic mass is 10.00. The molecule has 0 aliphatic heterocycles. The number of carbonyl (C=O) groups excluding carboxylic acids is 2. The molecule has 0 radical (unpaired) electrons. The highest BCUT2D eigenvalue weighted by Crippen LogP contribution is 2.47. The third kappa shape index (κ3) is 5.36. The van der Waals surface area contributed by atoms with Gasteiger partial charge in [-0.2, -0.15) is 0 Å². The van der Waals surface area contributed by atoms with Gasteiger partial charge in [-0.05, 0) is 25.8 Å². The Morgan fingerprint density at radius 2 is 1.80 bits per heavy atom. The number of rotatable bonds is 9. The first-order valence-corrected chi connectivity index (χ1v) is 10.1. The lowest BCUT2D eigenvalue weighted by Crippen LogP contribution is -2.21. The summed E-state index contributed by atoms with van der Waals surface area (Å²) in [6.45, 7) is 3.66. The minimum Gasteiger partial charge on any atom is -0.464 e. The van der Waals surface area contributed by atoms with Crippen molar-refractivity contribution >= 4 is 24.9 Å². The van der Waals surface area contributed by atoms with E-state index in [9.17, 15) is 14.2 Å². The predicted octanol–water partition coefficient (Wildman–Crippen LogP) is 3.47. The predicted molar refractivity (Wildman–Crippen MR) is 94.2 cm³/mol. The van der Waals surface area contributed by atoms with Gasteiger partial charge in [-0.15, -0.1) is 0 Å². The summed E-state index contributed by atoms with van der Waals surface area (Å²) in [6, 6.07) is 9.38. The van der Waals surface area contributed by atoms with Crippen LogP contribution in [0.25, 0.3) is 5.57 Å². The average molecular weight is 366 g/mol. The minimum atomic E-state index is -3.48. The third-order valence-corrected chi connectivity index (χ3v) is 5.70. The zero-order valence-corrected chi connectivity index (χ0v) is 15.4. The second-order valence-electron chi connectivity index (χ2n) is 5.57. The molecule has 1 aromatic rings. The Kier molecular flexibility index (Phi) is 7.12. The molecule has 0 heterocycles. The van der Waals surface area contributed by atoms with E-state index in [2.05, 4.69) is 0 Å². The van der Waals surface area contributed by atoms with Crippen LogP contribution in [-0.2, 0) is 27.9 Å². The van der Waals surface area contributed by atoms with Gasteiger partial charge in [-0.3, -0.25) is 14.2 Å². The molecule has 1 aliphatic carbocycles. The molecule has 0 fully saturated rings. The number of hydrogen-bond donors (Lipinski definition) is 0. The Hall–Kier alpha value is -1.75. The van der Waals surface area contributed by atoms with E-state index in [1.807, 2.05) is 36.4 Å². The highest BCUT2D eigenvalue weighted by molar-refractivity contribution is 7.54. The molecule has 1 unspecified atom stereocenters. The van der Waals surface area contributed by atoms with Crippen molar-refractivity contribution in [2.45, 2.75) is 20.3 Å². The maximum absolute atomic E-state index is 12.4. The van der Waals surface area contributed by atoms with Crippen molar-refractivity contribution in [2.75, 3.05) is 26.0 Å². The number of allylic oxidation sites excluding steroid dienone is 2. The fraction of sp³-hybridized carbons (Fsp3) is 0.444. The van der Waals surface area contributed by atoms with E-state index >= 15 is 0 Å². The highest BCUT2D eigenvalue weighted by Gasteiger charge is 2.32. The van der Waals surface area contributed by atoms with Gasteiger partial charge in [0.05, 0.1) is 19.1 Å². The zero-order chi connectivity index (χ0) is 18.3. The fourth-order valence-electron chi connectivity index (χ4n) is 2.63. The Morgan fingerprint density at radius 3 is 2.40 bits per heavy atom. The van der Waals surface area contributed by atoms with Gasteiger partial charge in [0, 0.05) is 5.57 Å². The fourth-order valence-corrected chi connectivity index (χ4v) is 4.08. The van der Waals surface area contributed by atoms with Crippen molar-refractivity contribution < 1.29 is 27.9 Å². The summed E-state index contributed by atoms with van der Waals surface area (Å²) in [4.78, 5) is 24.4. The monoisotopic (exact) mass is 366 g/mol. The molecule has 0 bridgehead atoms. The maximum Gasteiger partial charge on any atom is 0.341 e. The van der Waals surface area contributed by atoms with Gasteiger partial charge in [-0.1, -0.05) is 36.4 Å². The van der Waals surface area contributed by atoms with Crippen LogP contribution in [-0.4, -0.2) is 37.7 Å². The molecule has 0 saturated heterocycles. The number of hydrogen-bond acceptors (Lipinski definition) is 6. The molecular formula is C18H23O6P. The molecule has 1 aliphatic rings. The van der Waals surface area contributed by atoms with E-state index in [1.165, 1.54) is 0 Å². The van der Waals surface area contributed by atoms with E-state index in [0.29, 0.717) is 12.0 Å². The summed E-state index contributed by atoms with van der Waals surface area (Å²) in [7, 11) is -3.48. The summed E-state index contributed by atoms with van der Waals surface area (Å²) in [5, 5.41) is 0. The van der Waals surface area contributed by atoms with Gasteiger partial charge in [0.25, 0.3) is 0 Å². The molecule has 0 aromatic heterocycles. The number of esters is 1. The Morgan fingerprint density at radius 1 is 1.16 bits per heavy atom. The van der Waals surface area contributed by atoms with Gasteiger partial charge in [0.2, 0.25) is 0 Å². The summed E-state index contributed by atoms with van der Waals surface area (Å²) in [5.41, 5.74) is 1.51. The lowest BCUT2D eigenvalue weighted by molar-refractivity contribution is -0.142. The smallest absolute Gasteiger partial charge is 0.341 e. The first-order valence-electron chi connectivity index (χ1n) is 8.32. The number of ketones is 1. The summed E-state index contributed by atoms with van der Waals surface area (Å²) < 4.78 is 27.6. The Balaban J connectivity index is 1.87. The molecule has 1 aromatic carbocycles. The lowest BCUT2D eigenvalue weighted by Gasteiger charge is -2.17. The van der Waals surface area contributed by atoms with Crippen molar-refractivity contribution in [1.82, 2.24) is 0 Å². The molecule has 1 atom stereocenters. The van der Waals surface area contributed by atoms with Gasteiger partial charge in [0.1, 0.15) is 12.8 Å². The average Bonchev–Trinajstić information content (AvgIpc) is 2.95. The van der Waals surface area contributed by atoms with Crippen LogP contribution in [0.2, 0.25) is 0 Å². The van der Waals surface area contributed by atoms with Crippen molar-refractivity contribution in [1.29, 1.82) is 0 Å². The van der Waals surface area contributed by atoms with E-state index < -0.39 is 25.6 Å². The maximum atomic E-state index is 12.4. The van der Waals surface area contributed by atoms with Crippen molar-refractivity contribution in [3.8, 4) is 0 Å². The van der Waals surface area contributed by atoms with Crippen LogP contribution in [0.1, 0.15) is 25.8 Å². The number of benzene rings is 1. The number of carbonyl (C=O) groups is 2. The van der Waals surface area contributed by atoms with Gasteiger partial charge >= 0.3 is 13.6 Å². The van der Waals surface area contributed by atoms with Gasteiger partial charge in [-0.25, -0.2) is 0 Å². The van der Waals surface area contributed by atoms with Crippen LogP contribution in [0.4, 0.5) is 0 Å². The second kappa shape index (κ2) is 9.09. The molecular weight excluding hydrogens is 343 g/mol. The molecule has 136 valence electrons. The second-order valence-corrected chi connectivity index (χ2v) is 7.62. The van der Waals surface area contributed by atoms with Crippen LogP contribution >= 0.6 is 7.60 Å². The SMILES string of the molecule is CCOP(=O)(CC(=O)OCC1CC=C(c2ccccc2)C1=O)OCC. The topological polar surface area (TPSA) is 78.9 Å². The molecule has 7 heteroatoms. The summed E-state index contributed by atoms with van der Waals surface area (Å²) in [6.07, 6.45) is 1.93. The van der Waals surface area contributed by atoms with Crippen molar-refractivity contribution in [3.05, 3.63) is 42.0 Å². The Bertz CT molecular complexity index is 672. The van der Waals surface area contributed by atoms with Crippen LogP contribution in [0.3, 0.4) is 0 Å². The third-order valence-electron chi connectivity index (χ3n) is 3.75. The standard InChI is InChI=1S/C18H23O6P/c1-3-23-25(21,24-4-2)13-17(19)22-12-15-10-11-16(18(15)20)14-8-6-5-7-9-14/h5-9,11,15H,3-4,10,12-13H2,1-2H3. The molecule has 0 spiro atoms. The molecule has 0 saturated carbocycles. The van der Waals surface area contributed by atoms with Gasteiger partial charge in [0.15, 0.2) is 5.78 Å². The van der Waals surface area contributed by atoms with E-state index in [0.717, 1.165) is 5.56 Å². The molecule has 2 rings (SSSR count). The summed E-state index contributed by atoms with van der Waals surface area (Å²) in [5.74, 6) is -1.14.